The highest BCUT2D eigenvalue weighted by Crippen LogP contribution is 2.37. The van der Waals surface area contributed by atoms with Gasteiger partial charge in [-0.2, -0.15) is 5.10 Å². The zero-order valence-electron chi connectivity index (χ0n) is 13.0. The standard InChI is InChI=1S/C20H16N2O2/c23-20(24)18-17-12-11-15(13-14-7-3-1-4-8-14)19(17)22(21-18)16-9-5-2-6-10-16/h1-10,13H,11-12H2,(H,23,24)/b15-13+. The Morgan fingerprint density at radius 3 is 2.33 bits per heavy atom. The molecule has 0 radical (unpaired) electrons. The van der Waals surface area contributed by atoms with Gasteiger partial charge in [0.25, 0.3) is 0 Å². The molecule has 24 heavy (non-hydrogen) atoms. The van der Waals surface area contributed by atoms with Gasteiger partial charge in [0.2, 0.25) is 0 Å². The molecule has 0 fully saturated rings. The molecule has 1 heterocycles. The first-order valence-corrected chi connectivity index (χ1v) is 7.90. The third kappa shape index (κ3) is 2.42. The summed E-state index contributed by atoms with van der Waals surface area (Å²) in [6.07, 6.45) is 3.66. The van der Waals surface area contributed by atoms with Gasteiger partial charge in [-0.25, -0.2) is 9.48 Å². The number of allylic oxidation sites excluding steroid dienone is 1. The van der Waals surface area contributed by atoms with Gasteiger partial charge >= 0.3 is 5.97 Å². The van der Waals surface area contributed by atoms with Gasteiger partial charge in [0, 0.05) is 5.56 Å². The van der Waals surface area contributed by atoms with Crippen LogP contribution in [0.1, 0.15) is 33.7 Å². The van der Waals surface area contributed by atoms with Crippen molar-refractivity contribution in [2.75, 3.05) is 0 Å². The van der Waals surface area contributed by atoms with E-state index in [0.717, 1.165) is 34.5 Å². The molecular weight excluding hydrogens is 300 g/mol. The summed E-state index contributed by atoms with van der Waals surface area (Å²) in [5, 5.41) is 13.9. The van der Waals surface area contributed by atoms with Crippen LogP contribution in [-0.4, -0.2) is 20.9 Å². The molecule has 1 aliphatic rings. The molecule has 4 heteroatoms. The molecule has 4 rings (SSSR count). The second-order valence-corrected chi connectivity index (χ2v) is 5.81. The lowest BCUT2D eigenvalue weighted by atomic mass is 10.1. The lowest BCUT2D eigenvalue weighted by Crippen LogP contribution is -2.04. The number of carboxylic acids is 1. The molecule has 0 atom stereocenters. The van der Waals surface area contributed by atoms with Gasteiger partial charge in [-0.05, 0) is 42.2 Å². The Kier molecular flexibility index (Phi) is 3.50. The molecule has 4 nitrogen and oxygen atoms in total. The fraction of sp³-hybridized carbons (Fsp3) is 0.100. The molecule has 1 N–H and O–H groups in total. The fourth-order valence-corrected chi connectivity index (χ4v) is 3.21. The second-order valence-electron chi connectivity index (χ2n) is 5.81. The molecule has 0 saturated heterocycles. The number of aromatic carboxylic acids is 1. The minimum atomic E-state index is -0.970. The Morgan fingerprint density at radius 2 is 1.67 bits per heavy atom. The third-order valence-electron chi connectivity index (χ3n) is 4.28. The third-order valence-corrected chi connectivity index (χ3v) is 4.28. The SMILES string of the molecule is O=C(O)c1nn(-c2ccccc2)c2c1CC/C2=C\c1ccccc1. The quantitative estimate of drug-likeness (QED) is 0.793. The lowest BCUT2D eigenvalue weighted by molar-refractivity contribution is 0.0689. The molecule has 0 unspecified atom stereocenters. The van der Waals surface area contributed by atoms with Crippen LogP contribution >= 0.6 is 0 Å². The lowest BCUT2D eigenvalue weighted by Gasteiger charge is -2.07. The van der Waals surface area contributed by atoms with Crippen molar-refractivity contribution < 1.29 is 9.90 Å². The summed E-state index contributed by atoms with van der Waals surface area (Å²) in [6, 6.07) is 19.8. The molecule has 0 spiro atoms. The van der Waals surface area contributed by atoms with Crippen molar-refractivity contribution >= 4 is 17.6 Å². The van der Waals surface area contributed by atoms with E-state index >= 15 is 0 Å². The van der Waals surface area contributed by atoms with Crippen LogP contribution in [0, 0.1) is 0 Å². The maximum absolute atomic E-state index is 11.6. The number of nitrogens with zero attached hydrogens (tertiary/aromatic N) is 2. The van der Waals surface area contributed by atoms with Crippen LogP contribution in [0.25, 0.3) is 17.3 Å². The van der Waals surface area contributed by atoms with Crippen LogP contribution in [-0.2, 0) is 6.42 Å². The van der Waals surface area contributed by atoms with E-state index in [0.29, 0.717) is 6.42 Å². The van der Waals surface area contributed by atoms with Gasteiger partial charge in [0.15, 0.2) is 5.69 Å². The number of aromatic nitrogens is 2. The molecule has 2 aromatic carbocycles. The maximum atomic E-state index is 11.6. The summed E-state index contributed by atoms with van der Waals surface area (Å²) in [5.41, 5.74) is 5.02. The first-order valence-electron chi connectivity index (χ1n) is 7.90. The van der Waals surface area contributed by atoms with Gasteiger partial charge in [0.05, 0.1) is 11.4 Å². The number of benzene rings is 2. The first-order chi connectivity index (χ1) is 11.7. The molecule has 1 aromatic heterocycles. The van der Waals surface area contributed by atoms with E-state index in [9.17, 15) is 9.90 Å². The average Bonchev–Trinajstić information content (AvgIpc) is 3.18. The minimum Gasteiger partial charge on any atom is -0.476 e. The summed E-state index contributed by atoms with van der Waals surface area (Å²) in [5.74, 6) is -0.970. The normalized spacial score (nSPS) is 14.8. The minimum absolute atomic E-state index is 0.158. The number of hydrogen-bond donors (Lipinski definition) is 1. The molecular formula is C20H16N2O2. The summed E-state index contributed by atoms with van der Waals surface area (Å²) in [7, 11) is 0. The zero-order chi connectivity index (χ0) is 16.5. The number of fused-ring (bicyclic) bond motifs is 1. The topological polar surface area (TPSA) is 55.1 Å². The highest BCUT2D eigenvalue weighted by molar-refractivity contribution is 5.93. The number of hydrogen-bond acceptors (Lipinski definition) is 2. The zero-order valence-corrected chi connectivity index (χ0v) is 13.0. The molecule has 1 aliphatic carbocycles. The van der Waals surface area contributed by atoms with Crippen LogP contribution in [0.15, 0.2) is 60.7 Å². The number of rotatable bonds is 3. The summed E-state index contributed by atoms with van der Waals surface area (Å²) < 4.78 is 1.76. The Balaban J connectivity index is 1.90. The van der Waals surface area contributed by atoms with Gasteiger partial charge in [-0.3, -0.25) is 0 Å². The van der Waals surface area contributed by atoms with E-state index in [-0.39, 0.29) is 5.69 Å². The smallest absolute Gasteiger partial charge is 0.356 e. The predicted molar refractivity (Wildman–Crippen MR) is 93.2 cm³/mol. The average molecular weight is 316 g/mol. The first kappa shape index (κ1) is 14.5. The van der Waals surface area contributed by atoms with Crippen molar-refractivity contribution in [3.8, 4) is 5.69 Å². The van der Waals surface area contributed by atoms with Crippen molar-refractivity contribution in [1.29, 1.82) is 0 Å². The Hall–Kier alpha value is -3.14. The van der Waals surface area contributed by atoms with E-state index in [1.54, 1.807) is 4.68 Å². The van der Waals surface area contributed by atoms with Crippen molar-refractivity contribution in [2.24, 2.45) is 0 Å². The molecule has 118 valence electrons. The highest BCUT2D eigenvalue weighted by Gasteiger charge is 2.29. The van der Waals surface area contributed by atoms with Gasteiger partial charge in [-0.15, -0.1) is 0 Å². The van der Waals surface area contributed by atoms with Crippen LogP contribution < -0.4 is 0 Å². The molecule has 0 amide bonds. The van der Waals surface area contributed by atoms with Crippen LogP contribution in [0.2, 0.25) is 0 Å². The Labute approximate surface area is 139 Å². The van der Waals surface area contributed by atoms with Crippen LogP contribution in [0.3, 0.4) is 0 Å². The number of carboxylic acid groups (broad SMARTS) is 1. The van der Waals surface area contributed by atoms with Gasteiger partial charge < -0.3 is 5.11 Å². The molecule has 0 aliphatic heterocycles. The Morgan fingerprint density at radius 1 is 1.00 bits per heavy atom. The summed E-state index contributed by atoms with van der Waals surface area (Å²) in [4.78, 5) is 11.6. The van der Waals surface area contributed by atoms with Crippen molar-refractivity contribution in [3.63, 3.8) is 0 Å². The van der Waals surface area contributed by atoms with Crippen molar-refractivity contribution in [1.82, 2.24) is 9.78 Å². The molecule has 0 saturated carbocycles. The van der Waals surface area contributed by atoms with E-state index in [1.807, 2.05) is 60.7 Å². The monoisotopic (exact) mass is 316 g/mol. The summed E-state index contributed by atoms with van der Waals surface area (Å²) >= 11 is 0. The largest absolute Gasteiger partial charge is 0.476 e. The number of para-hydroxylation sites is 1. The highest BCUT2D eigenvalue weighted by atomic mass is 16.4. The Bertz CT molecular complexity index is 925. The summed E-state index contributed by atoms with van der Waals surface area (Å²) in [6.45, 7) is 0. The predicted octanol–water partition coefficient (Wildman–Crippen LogP) is 4.06. The van der Waals surface area contributed by atoms with E-state index in [1.165, 1.54) is 0 Å². The van der Waals surface area contributed by atoms with Crippen molar-refractivity contribution in [2.45, 2.75) is 12.8 Å². The fourth-order valence-electron chi connectivity index (χ4n) is 3.21. The van der Waals surface area contributed by atoms with Crippen molar-refractivity contribution in [3.05, 3.63) is 83.2 Å². The van der Waals surface area contributed by atoms with E-state index in [2.05, 4.69) is 11.2 Å². The van der Waals surface area contributed by atoms with Gasteiger partial charge in [0.1, 0.15) is 0 Å². The maximum Gasteiger partial charge on any atom is 0.356 e. The second kappa shape index (κ2) is 5.81. The van der Waals surface area contributed by atoms with Crippen LogP contribution in [0.5, 0.6) is 0 Å². The number of carbonyl (C=O) groups is 1. The van der Waals surface area contributed by atoms with Crippen LogP contribution in [0.4, 0.5) is 0 Å². The van der Waals surface area contributed by atoms with E-state index < -0.39 is 5.97 Å². The molecule has 3 aromatic rings. The van der Waals surface area contributed by atoms with E-state index in [4.69, 9.17) is 0 Å². The van der Waals surface area contributed by atoms with Gasteiger partial charge in [-0.1, -0.05) is 48.5 Å². The molecule has 0 bridgehead atoms.